The van der Waals surface area contributed by atoms with Gasteiger partial charge < -0.3 is 20.6 Å². The van der Waals surface area contributed by atoms with Crippen LogP contribution in [0.5, 0.6) is 11.6 Å². The number of aromatic nitrogens is 3. The predicted octanol–water partition coefficient (Wildman–Crippen LogP) is 3.84. The van der Waals surface area contributed by atoms with Crippen LogP contribution < -0.4 is 27.1 Å². The molecule has 5 rings (SSSR count). The first kappa shape index (κ1) is 24.7. The van der Waals surface area contributed by atoms with Crippen molar-refractivity contribution in [3.05, 3.63) is 123 Å². The maximum absolute atomic E-state index is 13.6. The molecule has 0 aliphatic carbocycles. The third-order valence-electron chi connectivity index (χ3n) is 5.65. The fraction of sp³-hybridized carbons (Fsp3) is 0.111. The zero-order chi connectivity index (χ0) is 26.6. The molecule has 1 atom stereocenters. The van der Waals surface area contributed by atoms with Gasteiger partial charge in [-0.2, -0.15) is 5.26 Å². The van der Waals surface area contributed by atoms with Gasteiger partial charge in [-0.05, 0) is 55.0 Å². The molecule has 3 heterocycles. The smallest absolute Gasteiger partial charge is 0.264 e. The number of nitrogens with one attached hydrogen (secondary N) is 1. The molecule has 0 fully saturated rings. The number of hydrogen-bond acceptors (Lipinski definition) is 8. The Morgan fingerprint density at radius 1 is 1.18 bits per heavy atom. The molecule has 0 bridgehead atoms. The lowest BCUT2D eigenvalue weighted by molar-refractivity contribution is 0.127. The van der Waals surface area contributed by atoms with Crippen molar-refractivity contribution in [3.8, 4) is 17.7 Å². The fourth-order valence-corrected chi connectivity index (χ4v) is 3.95. The van der Waals surface area contributed by atoms with Crippen LogP contribution in [0.1, 0.15) is 30.0 Å². The van der Waals surface area contributed by atoms with E-state index in [9.17, 15) is 4.79 Å². The summed E-state index contributed by atoms with van der Waals surface area (Å²) in [7, 11) is 0. The minimum atomic E-state index is -0.660. The third-order valence-corrected chi connectivity index (χ3v) is 5.90. The summed E-state index contributed by atoms with van der Waals surface area (Å²) in [4.78, 5) is 22.4. The van der Waals surface area contributed by atoms with Crippen molar-refractivity contribution in [3.63, 3.8) is 0 Å². The van der Waals surface area contributed by atoms with Crippen molar-refractivity contribution in [2.75, 3.05) is 5.84 Å². The Labute approximate surface area is 222 Å². The van der Waals surface area contributed by atoms with Gasteiger partial charge in [0.1, 0.15) is 23.3 Å². The molecule has 0 radical (unpaired) electrons. The Kier molecular flexibility index (Phi) is 6.84. The first-order valence-corrected chi connectivity index (χ1v) is 11.9. The van der Waals surface area contributed by atoms with E-state index in [2.05, 4.69) is 15.3 Å². The highest BCUT2D eigenvalue weighted by Gasteiger charge is 2.23. The number of nitrogens with zero attached hydrogens (tertiary/aromatic N) is 5. The van der Waals surface area contributed by atoms with Crippen LogP contribution in [-0.4, -0.2) is 14.2 Å². The number of ether oxygens (including phenoxy) is 2. The molecule has 1 unspecified atom stereocenters. The highest BCUT2D eigenvalue weighted by Crippen LogP contribution is 2.23. The summed E-state index contributed by atoms with van der Waals surface area (Å²) >= 11 is 6.04. The van der Waals surface area contributed by atoms with E-state index in [0.29, 0.717) is 33.7 Å². The average molecular weight is 528 g/mol. The molecule has 0 amide bonds. The molecule has 2 aromatic carbocycles. The summed E-state index contributed by atoms with van der Waals surface area (Å²) in [6.07, 6.45) is 2.55. The number of pyridine rings is 1. The molecule has 11 heteroatoms. The summed E-state index contributed by atoms with van der Waals surface area (Å²) < 4.78 is 14.2. The van der Waals surface area contributed by atoms with E-state index in [1.807, 2.05) is 18.2 Å². The molecule has 190 valence electrons. The van der Waals surface area contributed by atoms with Gasteiger partial charge in [0.05, 0.1) is 17.8 Å². The Bertz CT molecular complexity index is 1680. The van der Waals surface area contributed by atoms with E-state index in [4.69, 9.17) is 32.2 Å². The maximum atomic E-state index is 13.6. The quantitative estimate of drug-likeness (QED) is 0.364. The number of halogens is 1. The molecule has 1 aliphatic rings. The van der Waals surface area contributed by atoms with Crippen LogP contribution in [0.2, 0.25) is 5.02 Å². The van der Waals surface area contributed by atoms with E-state index >= 15 is 0 Å². The van der Waals surface area contributed by atoms with E-state index < -0.39 is 6.23 Å². The van der Waals surface area contributed by atoms with Crippen LogP contribution in [0.3, 0.4) is 0 Å². The van der Waals surface area contributed by atoms with Crippen molar-refractivity contribution in [2.24, 2.45) is 4.99 Å². The first-order chi connectivity index (χ1) is 18.4. The van der Waals surface area contributed by atoms with Crippen molar-refractivity contribution >= 4 is 17.3 Å². The molecule has 1 aliphatic heterocycles. The summed E-state index contributed by atoms with van der Waals surface area (Å²) in [5.74, 6) is 7.83. The molecular formula is C27H22ClN7O3. The molecule has 0 saturated heterocycles. The Hall–Kier alpha value is -5.01. The molecule has 10 nitrogen and oxygen atoms in total. The monoisotopic (exact) mass is 527 g/mol. The molecule has 4 aromatic rings. The summed E-state index contributed by atoms with van der Waals surface area (Å²) in [5.41, 5.74) is 1.91. The molecule has 2 aromatic heterocycles. The number of hydrogen-bond donors (Lipinski definition) is 2. The van der Waals surface area contributed by atoms with Gasteiger partial charge in [-0.1, -0.05) is 29.8 Å². The Morgan fingerprint density at radius 3 is 2.63 bits per heavy atom. The number of nitrogen functional groups attached to an aromatic ring is 1. The first-order valence-electron chi connectivity index (χ1n) is 11.5. The van der Waals surface area contributed by atoms with Crippen molar-refractivity contribution in [2.45, 2.75) is 19.7 Å². The van der Waals surface area contributed by atoms with Crippen LogP contribution in [0.15, 0.2) is 94.7 Å². The molecular weight excluding hydrogens is 506 g/mol. The molecule has 38 heavy (non-hydrogen) atoms. The van der Waals surface area contributed by atoms with Gasteiger partial charge in [-0.15, -0.1) is 0 Å². The van der Waals surface area contributed by atoms with Gasteiger partial charge in [-0.3, -0.25) is 9.36 Å². The van der Waals surface area contributed by atoms with Crippen LogP contribution >= 0.6 is 11.6 Å². The van der Waals surface area contributed by atoms with E-state index in [1.54, 1.807) is 67.7 Å². The maximum Gasteiger partial charge on any atom is 0.264 e. The van der Waals surface area contributed by atoms with Crippen LogP contribution in [0.4, 0.5) is 5.69 Å². The lowest BCUT2D eigenvalue weighted by atomic mass is 10.2. The Morgan fingerprint density at radius 2 is 1.95 bits per heavy atom. The molecule has 0 saturated carbocycles. The lowest BCUT2D eigenvalue weighted by Gasteiger charge is -2.17. The third kappa shape index (κ3) is 5.38. The summed E-state index contributed by atoms with van der Waals surface area (Å²) in [5, 5.41) is 12.7. The largest absolute Gasteiger partial charge is 0.469 e. The molecule has 3 N–H and O–H groups in total. The number of rotatable bonds is 6. The second kappa shape index (κ2) is 10.5. The van der Waals surface area contributed by atoms with Gasteiger partial charge in [0.25, 0.3) is 5.56 Å². The van der Waals surface area contributed by atoms with Gasteiger partial charge in [-0.25, -0.2) is 14.7 Å². The zero-order valence-electron chi connectivity index (χ0n) is 20.2. The lowest BCUT2D eigenvalue weighted by Crippen LogP contribution is -2.46. The highest BCUT2D eigenvalue weighted by molar-refractivity contribution is 6.30. The fourth-order valence-electron chi connectivity index (χ4n) is 3.82. The second-order valence-electron chi connectivity index (χ2n) is 8.41. The van der Waals surface area contributed by atoms with E-state index in [-0.39, 0.29) is 23.4 Å². The minimum Gasteiger partial charge on any atom is -0.469 e. The van der Waals surface area contributed by atoms with Crippen molar-refractivity contribution in [1.29, 1.82) is 5.26 Å². The predicted molar refractivity (Wildman–Crippen MR) is 141 cm³/mol. The van der Waals surface area contributed by atoms with E-state index in [0.717, 1.165) is 5.56 Å². The van der Waals surface area contributed by atoms with Gasteiger partial charge in [0.2, 0.25) is 17.7 Å². The standard InChI is InChI=1S/C27H22ClN7O3/c1-17-14-31-25(37-17)23-16-35(30)27(34(26(23)36)15-18-5-7-19(28)8-6-18)33-20-9-11-22(12-10-20)38-24-4-2-3-21(13-29)32-24/h2-12,14,16,25,31H,15,30H2,1H3/b33-27-. The van der Waals surface area contributed by atoms with Gasteiger partial charge >= 0.3 is 0 Å². The topological polar surface area (TPSA) is 132 Å². The minimum absolute atomic E-state index is 0.209. The zero-order valence-corrected chi connectivity index (χ0v) is 21.0. The summed E-state index contributed by atoms with van der Waals surface area (Å²) in [6, 6.07) is 21.0. The number of allylic oxidation sites excluding steroid dienone is 1. The number of benzene rings is 2. The van der Waals surface area contributed by atoms with Crippen molar-refractivity contribution < 1.29 is 9.47 Å². The number of nitriles is 1. The van der Waals surface area contributed by atoms with Crippen LogP contribution in [0, 0.1) is 11.3 Å². The number of nitrogens with two attached hydrogens (primary N) is 1. The molecule has 0 spiro atoms. The van der Waals surface area contributed by atoms with E-state index in [1.165, 1.54) is 15.4 Å². The normalized spacial score (nSPS) is 14.8. The average Bonchev–Trinajstić information content (AvgIpc) is 3.36. The highest BCUT2D eigenvalue weighted by atomic mass is 35.5. The summed E-state index contributed by atoms with van der Waals surface area (Å²) in [6.45, 7) is 2.00. The Balaban J connectivity index is 1.52. The van der Waals surface area contributed by atoms with Gasteiger partial charge in [0, 0.05) is 23.5 Å². The second-order valence-corrected chi connectivity index (χ2v) is 8.85. The van der Waals surface area contributed by atoms with Crippen molar-refractivity contribution in [1.82, 2.24) is 19.5 Å². The van der Waals surface area contributed by atoms with Crippen LogP contribution in [0.25, 0.3) is 0 Å². The SMILES string of the molecule is CC1=CNC(c2cn(N)/c(=N\c3ccc(Oc4cccc(C#N)n4)cc3)n(Cc3ccc(Cl)cc3)c2=O)O1. The van der Waals surface area contributed by atoms with Crippen LogP contribution in [-0.2, 0) is 11.3 Å². The van der Waals surface area contributed by atoms with Gasteiger partial charge in [0.15, 0.2) is 0 Å².